The number of carbonyl (C=O) groups is 1. The van der Waals surface area contributed by atoms with Crippen LogP contribution in [0.15, 0.2) is 0 Å². The first-order chi connectivity index (χ1) is 11.3. The van der Waals surface area contributed by atoms with Gasteiger partial charge in [0, 0.05) is 6.42 Å². The molecule has 0 unspecified atom stereocenters. The molecule has 0 heterocycles. The number of esters is 1. The van der Waals surface area contributed by atoms with E-state index in [-0.39, 0.29) is 5.97 Å². The van der Waals surface area contributed by atoms with Crippen LogP contribution in [0.25, 0.3) is 0 Å². The summed E-state index contributed by atoms with van der Waals surface area (Å²) in [5.74, 6) is 0.827. The van der Waals surface area contributed by atoms with Crippen LogP contribution in [0.2, 0.25) is 0 Å². The lowest BCUT2D eigenvalue weighted by Crippen LogP contribution is -2.07. The van der Waals surface area contributed by atoms with Crippen molar-refractivity contribution in [2.24, 2.45) is 5.92 Å². The largest absolute Gasteiger partial charge is 0.466 e. The van der Waals surface area contributed by atoms with Crippen molar-refractivity contribution in [2.45, 2.75) is 116 Å². The van der Waals surface area contributed by atoms with E-state index in [0.717, 1.165) is 18.8 Å². The number of hydrogen-bond acceptors (Lipinski definition) is 2. The van der Waals surface area contributed by atoms with Gasteiger partial charge in [-0.15, -0.1) is 0 Å². The second kappa shape index (κ2) is 15.0. The summed E-state index contributed by atoms with van der Waals surface area (Å²) < 4.78 is 5.35. The van der Waals surface area contributed by atoms with Crippen molar-refractivity contribution in [3.05, 3.63) is 0 Å². The average Bonchev–Trinajstić information content (AvgIpc) is 3.07. The highest BCUT2D eigenvalue weighted by Gasteiger charge is 2.16. The van der Waals surface area contributed by atoms with Crippen LogP contribution in [0.3, 0.4) is 0 Å². The predicted molar refractivity (Wildman–Crippen MR) is 98.6 cm³/mol. The molecule has 0 aromatic carbocycles. The van der Waals surface area contributed by atoms with Crippen molar-refractivity contribution >= 4 is 5.97 Å². The summed E-state index contributed by atoms with van der Waals surface area (Å²) in [5, 5.41) is 0. The molecule has 0 amide bonds. The van der Waals surface area contributed by atoms with Crippen LogP contribution < -0.4 is 0 Å². The summed E-state index contributed by atoms with van der Waals surface area (Å²) in [7, 11) is 0. The Hall–Kier alpha value is -0.530. The molecule has 2 nitrogen and oxygen atoms in total. The smallest absolute Gasteiger partial charge is 0.305 e. The highest BCUT2D eigenvalue weighted by atomic mass is 16.5. The van der Waals surface area contributed by atoms with Gasteiger partial charge in [0.15, 0.2) is 0 Å². The van der Waals surface area contributed by atoms with Gasteiger partial charge in [-0.3, -0.25) is 4.79 Å². The van der Waals surface area contributed by atoms with Crippen LogP contribution in [-0.4, -0.2) is 12.6 Å². The van der Waals surface area contributed by atoms with Crippen LogP contribution in [0.4, 0.5) is 0 Å². The Morgan fingerprint density at radius 3 is 1.91 bits per heavy atom. The van der Waals surface area contributed by atoms with Crippen LogP contribution in [-0.2, 0) is 9.53 Å². The zero-order valence-electron chi connectivity index (χ0n) is 15.6. The molecule has 1 saturated carbocycles. The van der Waals surface area contributed by atoms with Gasteiger partial charge in [0.05, 0.1) is 6.61 Å². The molecule has 23 heavy (non-hydrogen) atoms. The molecule has 0 saturated heterocycles. The lowest BCUT2D eigenvalue weighted by molar-refractivity contribution is -0.144. The van der Waals surface area contributed by atoms with E-state index in [1.165, 1.54) is 89.9 Å². The topological polar surface area (TPSA) is 26.3 Å². The van der Waals surface area contributed by atoms with Crippen molar-refractivity contribution in [1.82, 2.24) is 0 Å². The van der Waals surface area contributed by atoms with E-state index < -0.39 is 0 Å². The maximum Gasteiger partial charge on any atom is 0.305 e. The Bertz CT molecular complexity index is 269. The zero-order valence-corrected chi connectivity index (χ0v) is 15.6. The SMILES string of the molecule is CCCCCCCCCCCCCOC(=O)CCC1CCCC1. The van der Waals surface area contributed by atoms with E-state index in [1.54, 1.807) is 0 Å². The third-order valence-electron chi connectivity index (χ3n) is 5.24. The minimum absolute atomic E-state index is 0.0315. The Balaban J connectivity index is 1.74. The van der Waals surface area contributed by atoms with Crippen molar-refractivity contribution in [3.8, 4) is 0 Å². The summed E-state index contributed by atoms with van der Waals surface area (Å²) in [6.07, 6.45) is 21.8. The number of unbranched alkanes of at least 4 members (excludes halogenated alkanes) is 10. The molecule has 1 rings (SSSR count). The maximum atomic E-state index is 11.7. The quantitative estimate of drug-likeness (QED) is 0.244. The molecule has 136 valence electrons. The summed E-state index contributed by atoms with van der Waals surface area (Å²) >= 11 is 0. The van der Waals surface area contributed by atoms with E-state index in [2.05, 4.69) is 6.92 Å². The third-order valence-corrected chi connectivity index (χ3v) is 5.24. The molecule has 0 N–H and O–H groups in total. The van der Waals surface area contributed by atoms with Gasteiger partial charge >= 0.3 is 5.97 Å². The molecule has 0 aromatic heterocycles. The molecule has 0 spiro atoms. The van der Waals surface area contributed by atoms with Crippen LogP contribution in [0, 0.1) is 5.92 Å². The summed E-state index contributed by atoms with van der Waals surface area (Å²) in [6, 6.07) is 0. The highest BCUT2D eigenvalue weighted by Crippen LogP contribution is 2.28. The van der Waals surface area contributed by atoms with Crippen molar-refractivity contribution < 1.29 is 9.53 Å². The first-order valence-electron chi connectivity index (χ1n) is 10.5. The van der Waals surface area contributed by atoms with Crippen molar-refractivity contribution in [3.63, 3.8) is 0 Å². The van der Waals surface area contributed by atoms with E-state index >= 15 is 0 Å². The molecule has 0 bridgehead atoms. The second-order valence-electron chi connectivity index (χ2n) is 7.45. The molecule has 1 aliphatic rings. The molecule has 1 fully saturated rings. The average molecular weight is 325 g/mol. The fraction of sp³-hybridized carbons (Fsp3) is 0.952. The molecule has 0 aliphatic heterocycles. The number of rotatable bonds is 15. The van der Waals surface area contributed by atoms with Crippen molar-refractivity contribution in [2.75, 3.05) is 6.61 Å². The Labute approximate surface area is 144 Å². The van der Waals surface area contributed by atoms with Gasteiger partial charge in [0.1, 0.15) is 0 Å². The molecule has 0 aromatic rings. The number of hydrogen-bond donors (Lipinski definition) is 0. The summed E-state index contributed by atoms with van der Waals surface area (Å²) in [6.45, 7) is 2.91. The minimum Gasteiger partial charge on any atom is -0.466 e. The molecular formula is C21H40O2. The van der Waals surface area contributed by atoms with Gasteiger partial charge in [-0.05, 0) is 18.8 Å². The molecule has 1 aliphatic carbocycles. The van der Waals surface area contributed by atoms with Crippen LogP contribution in [0.1, 0.15) is 116 Å². The predicted octanol–water partition coefficient (Wildman–Crippen LogP) is 6.81. The summed E-state index contributed by atoms with van der Waals surface area (Å²) in [4.78, 5) is 11.7. The molecule has 0 radical (unpaired) electrons. The number of ether oxygens (including phenoxy) is 1. The first-order valence-corrected chi connectivity index (χ1v) is 10.5. The standard InChI is InChI=1S/C21H40O2/c1-2-3-4-5-6-7-8-9-10-11-14-19-23-21(22)18-17-20-15-12-13-16-20/h20H,2-19H2,1H3. The van der Waals surface area contributed by atoms with Gasteiger partial charge < -0.3 is 4.74 Å². The second-order valence-corrected chi connectivity index (χ2v) is 7.45. The van der Waals surface area contributed by atoms with Gasteiger partial charge in [0.2, 0.25) is 0 Å². The van der Waals surface area contributed by atoms with E-state index in [9.17, 15) is 4.79 Å². The van der Waals surface area contributed by atoms with Gasteiger partial charge in [-0.2, -0.15) is 0 Å². The van der Waals surface area contributed by atoms with Crippen LogP contribution in [0.5, 0.6) is 0 Å². The maximum absolute atomic E-state index is 11.7. The van der Waals surface area contributed by atoms with E-state index in [1.807, 2.05) is 0 Å². The lowest BCUT2D eigenvalue weighted by atomic mass is 10.0. The first kappa shape index (κ1) is 20.5. The fourth-order valence-corrected chi connectivity index (χ4v) is 3.65. The molecule has 2 heteroatoms. The summed E-state index contributed by atoms with van der Waals surface area (Å²) in [5.41, 5.74) is 0. The minimum atomic E-state index is 0.0315. The number of carbonyl (C=O) groups excluding carboxylic acids is 1. The Morgan fingerprint density at radius 1 is 0.826 bits per heavy atom. The Kier molecular flexibility index (Phi) is 13.4. The van der Waals surface area contributed by atoms with Gasteiger partial charge in [-0.1, -0.05) is 96.8 Å². The zero-order chi connectivity index (χ0) is 16.6. The lowest BCUT2D eigenvalue weighted by Gasteiger charge is -2.08. The monoisotopic (exact) mass is 324 g/mol. The Morgan fingerprint density at radius 2 is 1.35 bits per heavy atom. The highest BCUT2D eigenvalue weighted by molar-refractivity contribution is 5.69. The van der Waals surface area contributed by atoms with Crippen molar-refractivity contribution in [1.29, 1.82) is 0 Å². The van der Waals surface area contributed by atoms with Crippen LogP contribution >= 0.6 is 0 Å². The third kappa shape index (κ3) is 12.5. The molecular weight excluding hydrogens is 284 g/mol. The normalized spacial score (nSPS) is 15.2. The van der Waals surface area contributed by atoms with Gasteiger partial charge in [0.25, 0.3) is 0 Å². The molecule has 0 atom stereocenters. The van der Waals surface area contributed by atoms with E-state index in [4.69, 9.17) is 4.74 Å². The van der Waals surface area contributed by atoms with Gasteiger partial charge in [-0.25, -0.2) is 0 Å². The van der Waals surface area contributed by atoms with E-state index in [0.29, 0.717) is 13.0 Å². The fourth-order valence-electron chi connectivity index (χ4n) is 3.65.